The molecule has 1 aromatic rings. The number of Topliss-reactive ketones (excluding diaryl/α,β-unsaturated/α-hetero) is 1. The zero-order valence-electron chi connectivity index (χ0n) is 20.2. The second kappa shape index (κ2) is 5.85. The molecule has 0 aromatic carbocycles. The number of fused-ring (bicyclic) bond motifs is 3. The normalized spacial score (nSPS) is 49.8. The second-order valence-electron chi connectivity index (χ2n) is 11.7. The van der Waals surface area contributed by atoms with E-state index in [-0.39, 0.29) is 11.1 Å². The second-order valence-corrected chi connectivity index (χ2v) is 11.7. The van der Waals surface area contributed by atoms with Gasteiger partial charge in [0.1, 0.15) is 12.2 Å². The Morgan fingerprint density at radius 3 is 2.39 bits per heavy atom. The lowest BCUT2D eigenvalue weighted by atomic mass is 9.42. The van der Waals surface area contributed by atoms with Gasteiger partial charge in [-0.25, -0.2) is 9.59 Å². The highest BCUT2D eigenvalue weighted by molar-refractivity contribution is 6.08. The molecule has 1 saturated carbocycles. The van der Waals surface area contributed by atoms with Gasteiger partial charge in [0.15, 0.2) is 34.3 Å². The van der Waals surface area contributed by atoms with Gasteiger partial charge in [-0.05, 0) is 50.8 Å². The lowest BCUT2D eigenvalue weighted by Crippen LogP contribution is -2.87. The van der Waals surface area contributed by atoms with Gasteiger partial charge in [-0.15, -0.1) is 0 Å². The van der Waals surface area contributed by atoms with E-state index in [2.05, 4.69) is 0 Å². The minimum Gasteiger partial charge on any atom is -0.472 e. The number of esters is 2. The number of epoxide rings is 1. The smallest absolute Gasteiger partial charge is 0.339 e. The molecule has 1 aromatic heterocycles. The molecular formula is C26H26O10. The Hall–Kier alpha value is -2.79. The molecule has 190 valence electrons. The highest BCUT2D eigenvalue weighted by atomic mass is 16.7. The van der Waals surface area contributed by atoms with Crippen LogP contribution in [0, 0.1) is 10.8 Å². The van der Waals surface area contributed by atoms with Crippen molar-refractivity contribution in [1.82, 2.24) is 0 Å². The van der Waals surface area contributed by atoms with E-state index < -0.39 is 74.8 Å². The molecular weight excluding hydrogens is 472 g/mol. The summed E-state index contributed by atoms with van der Waals surface area (Å²) in [5, 5.41) is 36.5. The third-order valence-corrected chi connectivity index (χ3v) is 9.97. The molecule has 0 bridgehead atoms. The van der Waals surface area contributed by atoms with Gasteiger partial charge >= 0.3 is 11.9 Å². The highest BCUT2D eigenvalue weighted by Crippen LogP contribution is 2.75. The molecule has 3 aliphatic carbocycles. The fourth-order valence-corrected chi connectivity index (χ4v) is 8.23. The van der Waals surface area contributed by atoms with Crippen molar-refractivity contribution < 1.29 is 48.3 Å². The van der Waals surface area contributed by atoms with Crippen molar-refractivity contribution in [2.45, 2.75) is 81.3 Å². The summed E-state index contributed by atoms with van der Waals surface area (Å²) in [6, 6.07) is 1.67. The fraction of sp³-hybridized carbons (Fsp3) is 0.577. The number of rotatable bonds is 1. The molecule has 4 heterocycles. The Balaban J connectivity index is 1.59. The largest absolute Gasteiger partial charge is 0.472 e. The predicted molar refractivity (Wildman–Crippen MR) is 117 cm³/mol. The number of cyclic esters (lactones) is 1. The summed E-state index contributed by atoms with van der Waals surface area (Å²) in [5.74, 6) is -2.75. The number of hydrogen-bond donors (Lipinski definition) is 3. The van der Waals surface area contributed by atoms with Crippen LogP contribution in [0.4, 0.5) is 0 Å². The molecule has 10 nitrogen and oxygen atoms in total. The molecule has 0 amide bonds. The minimum absolute atomic E-state index is 0.178. The molecule has 3 aliphatic heterocycles. The first kappa shape index (κ1) is 22.4. The third kappa shape index (κ3) is 1.82. The van der Waals surface area contributed by atoms with Gasteiger partial charge in [0.2, 0.25) is 0 Å². The Morgan fingerprint density at radius 1 is 1.03 bits per heavy atom. The predicted octanol–water partition coefficient (Wildman–Crippen LogP) is 0.799. The average Bonchev–Trinajstić information content (AvgIpc) is 3.30. The number of aliphatic hydroxyl groups is 3. The minimum atomic E-state index is -2.93. The summed E-state index contributed by atoms with van der Waals surface area (Å²) in [5.41, 5.74) is -11.4. The first-order valence-electron chi connectivity index (χ1n) is 12.0. The molecule has 0 unspecified atom stereocenters. The SMILES string of the molecule is CC1(C)C(=O)[C@@]2(O)[C@H](O)C3=CCC[C@]4(C)C3=C(C(=O)O[C@H]4c3ccoc3)[C@@]2(O)[C@@]2(C)OC(=O)[C@@H]3O[C@]312. The molecule has 10 heteroatoms. The lowest BCUT2D eigenvalue weighted by molar-refractivity contribution is -0.293. The van der Waals surface area contributed by atoms with E-state index in [4.69, 9.17) is 18.6 Å². The maximum absolute atomic E-state index is 14.1. The first-order chi connectivity index (χ1) is 16.7. The summed E-state index contributed by atoms with van der Waals surface area (Å²) in [4.78, 5) is 40.7. The van der Waals surface area contributed by atoms with E-state index in [0.717, 1.165) is 0 Å². The van der Waals surface area contributed by atoms with Crippen LogP contribution in [0.1, 0.15) is 52.2 Å². The van der Waals surface area contributed by atoms with Crippen LogP contribution in [-0.2, 0) is 28.6 Å². The van der Waals surface area contributed by atoms with Gasteiger partial charge in [0, 0.05) is 11.0 Å². The maximum atomic E-state index is 14.1. The van der Waals surface area contributed by atoms with Gasteiger partial charge in [0.25, 0.3) is 0 Å². The number of ether oxygens (including phenoxy) is 3. The van der Waals surface area contributed by atoms with Crippen LogP contribution in [0.2, 0.25) is 0 Å². The Morgan fingerprint density at radius 2 is 1.75 bits per heavy atom. The molecule has 36 heavy (non-hydrogen) atoms. The van der Waals surface area contributed by atoms with E-state index in [9.17, 15) is 29.7 Å². The number of carbonyl (C=O) groups excluding carboxylic acids is 3. The fourth-order valence-electron chi connectivity index (χ4n) is 8.23. The van der Waals surface area contributed by atoms with Gasteiger partial charge in [-0.1, -0.05) is 13.0 Å². The molecule has 2 saturated heterocycles. The van der Waals surface area contributed by atoms with Crippen molar-refractivity contribution in [3.63, 3.8) is 0 Å². The van der Waals surface area contributed by atoms with E-state index in [1.54, 1.807) is 12.1 Å². The lowest BCUT2D eigenvalue weighted by Gasteiger charge is -2.65. The van der Waals surface area contributed by atoms with Crippen LogP contribution in [0.25, 0.3) is 0 Å². The maximum Gasteiger partial charge on any atom is 0.339 e. The van der Waals surface area contributed by atoms with Crippen LogP contribution >= 0.6 is 0 Å². The van der Waals surface area contributed by atoms with Crippen LogP contribution < -0.4 is 0 Å². The number of hydrogen-bond acceptors (Lipinski definition) is 10. The monoisotopic (exact) mass is 498 g/mol. The van der Waals surface area contributed by atoms with Crippen molar-refractivity contribution in [3.05, 3.63) is 47.0 Å². The third-order valence-electron chi connectivity index (χ3n) is 9.97. The summed E-state index contributed by atoms with van der Waals surface area (Å²) in [7, 11) is 0. The van der Waals surface area contributed by atoms with Gasteiger partial charge in [-0.3, -0.25) is 4.79 Å². The molecule has 3 fully saturated rings. The average molecular weight is 498 g/mol. The molecule has 0 radical (unpaired) electrons. The zero-order valence-corrected chi connectivity index (χ0v) is 20.2. The van der Waals surface area contributed by atoms with E-state index in [1.807, 2.05) is 6.92 Å². The van der Waals surface area contributed by atoms with Gasteiger partial charge in [-0.2, -0.15) is 0 Å². The van der Waals surface area contributed by atoms with Gasteiger partial charge in [0.05, 0.1) is 23.5 Å². The summed E-state index contributed by atoms with van der Waals surface area (Å²) in [6.45, 7) is 6.15. The molecule has 3 N–H and O–H groups in total. The summed E-state index contributed by atoms with van der Waals surface area (Å²) < 4.78 is 22.7. The van der Waals surface area contributed by atoms with Crippen molar-refractivity contribution >= 4 is 17.7 Å². The van der Waals surface area contributed by atoms with E-state index >= 15 is 0 Å². The number of carbonyl (C=O) groups is 3. The summed E-state index contributed by atoms with van der Waals surface area (Å²) >= 11 is 0. The molecule has 6 aliphatic rings. The molecule has 1 spiro atoms. The topological polar surface area (TPSA) is 156 Å². The van der Waals surface area contributed by atoms with Crippen molar-refractivity contribution in [1.29, 1.82) is 0 Å². The quantitative estimate of drug-likeness (QED) is 0.374. The number of aliphatic hydroxyl groups excluding tert-OH is 1. The van der Waals surface area contributed by atoms with Crippen LogP contribution in [0.3, 0.4) is 0 Å². The van der Waals surface area contributed by atoms with Crippen LogP contribution in [-0.4, -0.2) is 67.7 Å². The van der Waals surface area contributed by atoms with E-state index in [0.29, 0.717) is 18.4 Å². The summed E-state index contributed by atoms with van der Waals surface area (Å²) in [6.07, 6.45) is 1.63. The van der Waals surface area contributed by atoms with Crippen molar-refractivity contribution in [2.75, 3.05) is 0 Å². The molecule has 8 atom stereocenters. The zero-order chi connectivity index (χ0) is 25.8. The Bertz CT molecular complexity index is 1350. The number of allylic oxidation sites excluding steroid dienone is 1. The van der Waals surface area contributed by atoms with Crippen LogP contribution in [0.5, 0.6) is 0 Å². The van der Waals surface area contributed by atoms with Crippen molar-refractivity contribution in [2.24, 2.45) is 10.8 Å². The van der Waals surface area contributed by atoms with E-state index in [1.165, 1.54) is 33.3 Å². The number of ketones is 1. The standard InChI is InChI=1S/C26H26O10/c1-21(2)20(30)24(31)15(27)12-6-5-8-22(3)13(12)14(18(28)34-16(22)11-7-9-33-10-11)25(24,32)23(4)26(21)17(35-26)19(29)36-23/h6-7,9-10,15-17,27,31-32H,5,8H2,1-4H3/t15-,16+,17+,22-,23-,24+,25-,26-/m1/s1. The van der Waals surface area contributed by atoms with Gasteiger partial charge < -0.3 is 33.9 Å². The Kier molecular flexibility index (Phi) is 3.64. The Labute approximate surface area is 205 Å². The molecule has 7 rings (SSSR count). The highest BCUT2D eigenvalue weighted by Gasteiger charge is 2.97. The number of furan rings is 1. The van der Waals surface area contributed by atoms with Crippen LogP contribution in [0.15, 0.2) is 45.8 Å². The first-order valence-corrected chi connectivity index (χ1v) is 12.0. The van der Waals surface area contributed by atoms with Crippen molar-refractivity contribution in [3.8, 4) is 0 Å².